The minimum atomic E-state index is -1.01. The maximum absolute atomic E-state index is 12.4. The lowest BCUT2D eigenvalue weighted by molar-refractivity contribution is -0.117. The Kier molecular flexibility index (Phi) is 4.34. The van der Waals surface area contributed by atoms with E-state index in [9.17, 15) is 4.79 Å². The van der Waals surface area contributed by atoms with Gasteiger partial charge < -0.3 is 5.41 Å². The summed E-state index contributed by atoms with van der Waals surface area (Å²) in [6.45, 7) is 1.48. The second kappa shape index (κ2) is 6.82. The molecule has 0 radical (unpaired) electrons. The van der Waals surface area contributed by atoms with E-state index >= 15 is 0 Å². The summed E-state index contributed by atoms with van der Waals surface area (Å²) >= 11 is 1.27. The summed E-state index contributed by atoms with van der Waals surface area (Å²) in [7, 11) is 0. The summed E-state index contributed by atoms with van der Waals surface area (Å²) in [6.07, 6.45) is 0. The largest absolute Gasteiger partial charge is 0.308 e. The van der Waals surface area contributed by atoms with Crippen LogP contribution in [0.4, 0.5) is 0 Å². The molecule has 1 atom stereocenters. The van der Waals surface area contributed by atoms with Gasteiger partial charge in [0.2, 0.25) is 0 Å². The first-order valence-corrected chi connectivity index (χ1v) is 9.35. The van der Waals surface area contributed by atoms with Crippen LogP contribution in [0.2, 0.25) is 0 Å². The Bertz CT molecular complexity index is 1250. The summed E-state index contributed by atoms with van der Waals surface area (Å²) in [5, 5.41) is 18.3. The van der Waals surface area contributed by atoms with Crippen molar-refractivity contribution in [1.82, 2.24) is 14.4 Å². The smallest absolute Gasteiger partial charge is 0.175 e. The van der Waals surface area contributed by atoms with Crippen molar-refractivity contribution in [2.75, 3.05) is 5.75 Å². The molecule has 1 unspecified atom stereocenters. The number of fused-ring (bicyclic) bond motifs is 5. The van der Waals surface area contributed by atoms with Gasteiger partial charge >= 0.3 is 0 Å². The summed E-state index contributed by atoms with van der Waals surface area (Å²) in [5.74, 6) is -1.22. The van der Waals surface area contributed by atoms with E-state index in [0.717, 1.165) is 27.6 Å². The zero-order valence-corrected chi connectivity index (χ0v) is 15.3. The number of carbonyl (C=O) groups excluding carboxylic acids is 1. The Morgan fingerprint density at radius 3 is 2.63 bits per heavy atom. The van der Waals surface area contributed by atoms with Gasteiger partial charge in [-0.2, -0.15) is 5.26 Å². The van der Waals surface area contributed by atoms with E-state index in [2.05, 4.69) is 0 Å². The summed E-state index contributed by atoms with van der Waals surface area (Å²) in [6, 6.07) is 17.5. The Morgan fingerprint density at radius 1 is 1.19 bits per heavy atom. The van der Waals surface area contributed by atoms with Gasteiger partial charge in [0.1, 0.15) is 11.6 Å². The van der Waals surface area contributed by atoms with Gasteiger partial charge in [-0.3, -0.25) is 9.20 Å². The van der Waals surface area contributed by atoms with E-state index in [1.807, 2.05) is 59.0 Å². The third-order valence-electron chi connectivity index (χ3n) is 4.34. The number of benzene rings is 2. The fourth-order valence-corrected chi connectivity index (χ4v) is 3.95. The number of Topliss-reactive ketones (excluding diaryl/α,β-unsaturated/α-hetero) is 1. The van der Waals surface area contributed by atoms with Crippen LogP contribution < -0.4 is 0 Å². The van der Waals surface area contributed by atoms with Gasteiger partial charge in [-0.15, -0.1) is 0 Å². The van der Waals surface area contributed by atoms with Crippen molar-refractivity contribution in [2.24, 2.45) is 5.92 Å². The molecular formula is C20H15N5OS. The van der Waals surface area contributed by atoms with Crippen molar-refractivity contribution in [3.05, 3.63) is 48.5 Å². The van der Waals surface area contributed by atoms with E-state index in [0.29, 0.717) is 5.16 Å². The van der Waals surface area contributed by atoms with Crippen molar-refractivity contribution < 1.29 is 4.79 Å². The molecule has 2 aromatic carbocycles. The first-order chi connectivity index (χ1) is 13.1. The van der Waals surface area contributed by atoms with E-state index in [4.69, 9.17) is 20.6 Å². The number of nitriles is 1. The molecule has 2 aromatic heterocycles. The SMILES string of the molecule is CC(=N)C(C#N)C(=O)CSc1nc2ccccc2c2nc3ccccc3n12. The van der Waals surface area contributed by atoms with Gasteiger partial charge in [0.15, 0.2) is 10.9 Å². The average molecular weight is 373 g/mol. The molecule has 1 N–H and O–H groups in total. The highest BCUT2D eigenvalue weighted by Gasteiger charge is 2.21. The number of imidazole rings is 1. The van der Waals surface area contributed by atoms with Gasteiger partial charge in [0.05, 0.1) is 28.4 Å². The first-order valence-electron chi connectivity index (χ1n) is 8.36. The molecule has 0 spiro atoms. The van der Waals surface area contributed by atoms with E-state index in [1.165, 1.54) is 18.7 Å². The summed E-state index contributed by atoms with van der Waals surface area (Å²) in [5.41, 5.74) is 3.43. The number of carbonyl (C=O) groups is 1. The highest BCUT2D eigenvalue weighted by atomic mass is 32.2. The standard InChI is InChI=1S/C20H15N5OS/c1-12(22)14(10-21)18(26)11-27-20-24-15-7-3-2-6-13(15)19-23-16-8-4-5-9-17(16)25(19)20/h2-9,14,22H,11H2,1H3. The molecule has 4 aromatic rings. The Hall–Kier alpha value is -3.24. The normalized spacial score (nSPS) is 12.3. The van der Waals surface area contributed by atoms with Crippen LogP contribution in [0, 0.1) is 22.7 Å². The van der Waals surface area contributed by atoms with Crippen LogP contribution in [0.5, 0.6) is 0 Å². The molecule has 0 aliphatic heterocycles. The molecule has 0 fully saturated rings. The fourth-order valence-electron chi connectivity index (χ4n) is 3.04. The van der Waals surface area contributed by atoms with Crippen molar-refractivity contribution in [3.8, 4) is 6.07 Å². The molecule has 0 bridgehead atoms. The zero-order valence-electron chi connectivity index (χ0n) is 14.5. The van der Waals surface area contributed by atoms with Crippen molar-refractivity contribution in [2.45, 2.75) is 12.1 Å². The molecule has 6 nitrogen and oxygen atoms in total. The number of aromatic nitrogens is 3. The van der Waals surface area contributed by atoms with Crippen LogP contribution >= 0.6 is 11.8 Å². The van der Waals surface area contributed by atoms with Crippen LogP contribution in [0.25, 0.3) is 27.6 Å². The molecule has 0 amide bonds. The highest BCUT2D eigenvalue weighted by Crippen LogP contribution is 2.29. The quantitative estimate of drug-likeness (QED) is 0.325. The van der Waals surface area contributed by atoms with Gasteiger partial charge in [-0.05, 0) is 31.2 Å². The van der Waals surface area contributed by atoms with Crippen molar-refractivity contribution in [3.63, 3.8) is 0 Å². The number of rotatable bonds is 5. The highest BCUT2D eigenvalue weighted by molar-refractivity contribution is 7.99. The Morgan fingerprint density at radius 2 is 1.89 bits per heavy atom. The third-order valence-corrected chi connectivity index (χ3v) is 5.30. The summed E-state index contributed by atoms with van der Waals surface area (Å²) in [4.78, 5) is 21.8. The van der Waals surface area contributed by atoms with Gasteiger partial charge in [-0.25, -0.2) is 9.97 Å². The summed E-state index contributed by atoms with van der Waals surface area (Å²) < 4.78 is 1.95. The number of nitrogens with zero attached hydrogens (tertiary/aromatic N) is 4. The monoisotopic (exact) mass is 373 g/mol. The Balaban J connectivity index is 1.85. The molecule has 0 saturated heterocycles. The molecule has 4 rings (SSSR count). The molecule has 0 aliphatic carbocycles. The van der Waals surface area contributed by atoms with Crippen molar-refractivity contribution >= 4 is 50.8 Å². The van der Waals surface area contributed by atoms with Gasteiger partial charge in [0.25, 0.3) is 0 Å². The number of para-hydroxylation sites is 3. The number of ketones is 1. The molecule has 132 valence electrons. The second-order valence-electron chi connectivity index (χ2n) is 6.17. The third kappa shape index (κ3) is 2.94. The van der Waals surface area contributed by atoms with Crippen molar-refractivity contribution in [1.29, 1.82) is 10.7 Å². The van der Waals surface area contributed by atoms with Gasteiger partial charge in [0, 0.05) is 11.1 Å². The topological polar surface area (TPSA) is 94.9 Å². The predicted octanol–water partition coefficient (Wildman–Crippen LogP) is 3.88. The van der Waals surface area contributed by atoms with Crippen LogP contribution in [-0.4, -0.2) is 31.6 Å². The van der Waals surface area contributed by atoms with Crippen LogP contribution in [-0.2, 0) is 4.79 Å². The lowest BCUT2D eigenvalue weighted by atomic mass is 10.0. The molecule has 0 saturated carbocycles. The molecule has 2 heterocycles. The van der Waals surface area contributed by atoms with Crippen LogP contribution in [0.1, 0.15) is 6.92 Å². The van der Waals surface area contributed by atoms with Gasteiger partial charge in [-0.1, -0.05) is 36.0 Å². The fraction of sp³-hybridized carbons (Fsp3) is 0.150. The minimum Gasteiger partial charge on any atom is -0.308 e. The maximum Gasteiger partial charge on any atom is 0.175 e. The zero-order chi connectivity index (χ0) is 19.0. The Labute approximate surface area is 159 Å². The lowest BCUT2D eigenvalue weighted by Gasteiger charge is -2.09. The number of hydrogen-bond acceptors (Lipinski definition) is 6. The average Bonchev–Trinajstić information content (AvgIpc) is 3.06. The lowest BCUT2D eigenvalue weighted by Crippen LogP contribution is -2.21. The number of hydrogen-bond donors (Lipinski definition) is 1. The number of nitrogens with one attached hydrogen (secondary N) is 1. The van der Waals surface area contributed by atoms with E-state index in [1.54, 1.807) is 0 Å². The molecular weight excluding hydrogens is 358 g/mol. The molecule has 0 aliphatic rings. The number of thioether (sulfide) groups is 1. The maximum atomic E-state index is 12.4. The molecule has 27 heavy (non-hydrogen) atoms. The molecule has 7 heteroatoms. The minimum absolute atomic E-state index is 0.0628. The predicted molar refractivity (Wildman–Crippen MR) is 106 cm³/mol. The van der Waals surface area contributed by atoms with E-state index < -0.39 is 5.92 Å². The van der Waals surface area contributed by atoms with Crippen LogP contribution in [0.15, 0.2) is 53.7 Å². The van der Waals surface area contributed by atoms with Crippen LogP contribution in [0.3, 0.4) is 0 Å². The van der Waals surface area contributed by atoms with E-state index in [-0.39, 0.29) is 17.2 Å². The second-order valence-corrected chi connectivity index (χ2v) is 7.11. The first kappa shape index (κ1) is 17.2.